The van der Waals surface area contributed by atoms with Crippen LogP contribution in [-0.2, 0) is 0 Å². The summed E-state index contributed by atoms with van der Waals surface area (Å²) in [4.78, 5) is 2.40. The van der Waals surface area contributed by atoms with Gasteiger partial charge in [-0.05, 0) is 44.4 Å². The van der Waals surface area contributed by atoms with Gasteiger partial charge < -0.3 is 15.3 Å². The van der Waals surface area contributed by atoms with Crippen LogP contribution in [0.2, 0.25) is 0 Å². The molecule has 2 rings (SSSR count). The molecule has 1 saturated carbocycles. The van der Waals surface area contributed by atoms with E-state index < -0.39 is 0 Å². The Morgan fingerprint density at radius 3 is 2.68 bits per heavy atom. The Morgan fingerprint density at radius 1 is 1.37 bits per heavy atom. The van der Waals surface area contributed by atoms with Gasteiger partial charge in [-0.15, -0.1) is 0 Å². The second-order valence-electron chi connectivity index (χ2n) is 5.34. The number of aliphatic hydroxyl groups excluding tert-OH is 1. The van der Waals surface area contributed by atoms with Gasteiger partial charge in [0.2, 0.25) is 0 Å². The molecule has 1 fully saturated rings. The van der Waals surface area contributed by atoms with Gasteiger partial charge in [0.25, 0.3) is 0 Å². The highest BCUT2D eigenvalue weighted by Crippen LogP contribution is 2.33. The van der Waals surface area contributed by atoms with E-state index in [0.717, 1.165) is 13.1 Å². The Labute approximate surface area is 116 Å². The second kappa shape index (κ2) is 6.92. The molecule has 3 heteroatoms. The average molecular weight is 262 g/mol. The highest BCUT2D eigenvalue weighted by molar-refractivity contribution is 5.56. The van der Waals surface area contributed by atoms with E-state index in [1.165, 1.54) is 30.5 Å². The van der Waals surface area contributed by atoms with Crippen molar-refractivity contribution in [1.29, 1.82) is 0 Å². The van der Waals surface area contributed by atoms with Gasteiger partial charge in [0.05, 0.1) is 6.61 Å². The third-order valence-corrected chi connectivity index (χ3v) is 4.08. The largest absolute Gasteiger partial charge is 0.395 e. The summed E-state index contributed by atoms with van der Waals surface area (Å²) >= 11 is 0. The Morgan fingerprint density at radius 2 is 2.11 bits per heavy atom. The summed E-state index contributed by atoms with van der Waals surface area (Å²) in [7, 11) is 0. The molecule has 3 nitrogen and oxygen atoms in total. The standard InChI is InChI=1S/C16H26N2O/c1-3-17-13(2)15-9-4-5-10-16(15)18(11-12-19)14-7-6-8-14/h4-5,9-10,13-14,17,19H,3,6-8,11-12H2,1-2H3. The molecule has 0 radical (unpaired) electrons. The molecule has 1 aliphatic rings. The van der Waals surface area contributed by atoms with Crippen LogP contribution in [0.3, 0.4) is 0 Å². The van der Waals surface area contributed by atoms with E-state index in [1.54, 1.807) is 0 Å². The summed E-state index contributed by atoms with van der Waals surface area (Å²) in [6, 6.07) is 9.55. The van der Waals surface area contributed by atoms with Gasteiger partial charge in [0.15, 0.2) is 0 Å². The Bertz CT molecular complexity index is 390. The molecule has 19 heavy (non-hydrogen) atoms. The van der Waals surface area contributed by atoms with E-state index in [2.05, 4.69) is 48.3 Å². The first-order chi connectivity index (χ1) is 9.27. The van der Waals surface area contributed by atoms with Crippen LogP contribution in [0.4, 0.5) is 5.69 Å². The first-order valence-electron chi connectivity index (χ1n) is 7.47. The fourth-order valence-corrected chi connectivity index (χ4v) is 2.84. The van der Waals surface area contributed by atoms with Crippen LogP contribution < -0.4 is 10.2 Å². The summed E-state index contributed by atoms with van der Waals surface area (Å²) in [5.41, 5.74) is 2.62. The van der Waals surface area contributed by atoms with Crippen molar-refractivity contribution < 1.29 is 5.11 Å². The van der Waals surface area contributed by atoms with Crippen molar-refractivity contribution in [3.8, 4) is 0 Å². The number of hydrogen-bond acceptors (Lipinski definition) is 3. The highest BCUT2D eigenvalue weighted by Gasteiger charge is 2.26. The zero-order valence-electron chi connectivity index (χ0n) is 12.1. The summed E-state index contributed by atoms with van der Waals surface area (Å²) in [5.74, 6) is 0. The number of aliphatic hydroxyl groups is 1. The molecule has 1 aromatic rings. The predicted molar refractivity (Wildman–Crippen MR) is 80.6 cm³/mol. The smallest absolute Gasteiger partial charge is 0.0606 e. The van der Waals surface area contributed by atoms with Gasteiger partial charge in [-0.1, -0.05) is 25.1 Å². The highest BCUT2D eigenvalue weighted by atomic mass is 16.3. The number of hydrogen-bond donors (Lipinski definition) is 2. The maximum Gasteiger partial charge on any atom is 0.0606 e. The summed E-state index contributed by atoms with van der Waals surface area (Å²) in [6.07, 6.45) is 3.82. The Kier molecular flexibility index (Phi) is 5.23. The number of rotatable bonds is 7. The monoisotopic (exact) mass is 262 g/mol. The minimum absolute atomic E-state index is 0.223. The summed E-state index contributed by atoms with van der Waals surface area (Å²) in [6.45, 7) is 6.27. The molecule has 0 saturated heterocycles. The average Bonchev–Trinajstić information content (AvgIpc) is 2.36. The molecule has 0 heterocycles. The van der Waals surface area contributed by atoms with Crippen LogP contribution in [0, 0.1) is 0 Å². The molecule has 0 spiro atoms. The van der Waals surface area contributed by atoms with Crippen LogP contribution in [0.1, 0.15) is 44.7 Å². The molecular weight excluding hydrogens is 236 g/mol. The molecule has 1 aromatic carbocycles. The van der Waals surface area contributed by atoms with E-state index in [0.29, 0.717) is 12.1 Å². The summed E-state index contributed by atoms with van der Waals surface area (Å²) in [5, 5.41) is 12.8. The normalized spacial score (nSPS) is 17.0. The molecular formula is C16H26N2O. The van der Waals surface area contributed by atoms with E-state index in [1.807, 2.05) is 0 Å². The van der Waals surface area contributed by atoms with Crippen molar-refractivity contribution in [2.24, 2.45) is 0 Å². The fourth-order valence-electron chi connectivity index (χ4n) is 2.84. The minimum Gasteiger partial charge on any atom is -0.395 e. The van der Waals surface area contributed by atoms with E-state index in [9.17, 15) is 5.11 Å². The van der Waals surface area contributed by atoms with Crippen molar-refractivity contribution in [3.63, 3.8) is 0 Å². The van der Waals surface area contributed by atoms with Crippen LogP contribution in [0.25, 0.3) is 0 Å². The van der Waals surface area contributed by atoms with Crippen molar-refractivity contribution in [2.75, 3.05) is 24.6 Å². The van der Waals surface area contributed by atoms with Gasteiger partial charge >= 0.3 is 0 Å². The number of nitrogens with zero attached hydrogens (tertiary/aromatic N) is 1. The molecule has 2 N–H and O–H groups in total. The number of benzene rings is 1. The van der Waals surface area contributed by atoms with Gasteiger partial charge in [-0.3, -0.25) is 0 Å². The van der Waals surface area contributed by atoms with Crippen molar-refractivity contribution >= 4 is 5.69 Å². The van der Waals surface area contributed by atoms with Crippen molar-refractivity contribution in [3.05, 3.63) is 29.8 Å². The molecule has 0 aromatic heterocycles. The molecule has 0 aliphatic heterocycles. The van der Waals surface area contributed by atoms with Crippen LogP contribution >= 0.6 is 0 Å². The maximum atomic E-state index is 9.34. The minimum atomic E-state index is 0.223. The lowest BCUT2D eigenvalue weighted by Gasteiger charge is -2.40. The van der Waals surface area contributed by atoms with Crippen LogP contribution in [-0.4, -0.2) is 30.8 Å². The van der Waals surface area contributed by atoms with E-state index in [-0.39, 0.29) is 6.61 Å². The molecule has 0 bridgehead atoms. The fraction of sp³-hybridized carbons (Fsp3) is 0.625. The quantitative estimate of drug-likeness (QED) is 0.793. The van der Waals surface area contributed by atoms with Gasteiger partial charge in [-0.25, -0.2) is 0 Å². The first kappa shape index (κ1) is 14.4. The number of para-hydroxylation sites is 1. The number of anilines is 1. The van der Waals surface area contributed by atoms with Crippen molar-refractivity contribution in [1.82, 2.24) is 5.32 Å². The lowest BCUT2D eigenvalue weighted by molar-refractivity contribution is 0.283. The molecule has 1 unspecified atom stereocenters. The number of nitrogens with one attached hydrogen (secondary N) is 1. The zero-order chi connectivity index (χ0) is 13.7. The van der Waals surface area contributed by atoms with Crippen LogP contribution in [0.15, 0.2) is 24.3 Å². The Hall–Kier alpha value is -1.06. The molecule has 0 amide bonds. The van der Waals surface area contributed by atoms with Crippen molar-refractivity contribution in [2.45, 2.75) is 45.2 Å². The van der Waals surface area contributed by atoms with Crippen LogP contribution in [0.5, 0.6) is 0 Å². The molecule has 1 atom stereocenters. The van der Waals surface area contributed by atoms with Gasteiger partial charge in [0, 0.05) is 24.3 Å². The molecule has 106 valence electrons. The lowest BCUT2D eigenvalue weighted by atomic mass is 9.90. The van der Waals surface area contributed by atoms with Gasteiger partial charge in [0.1, 0.15) is 0 Å². The summed E-state index contributed by atoms with van der Waals surface area (Å²) < 4.78 is 0. The maximum absolute atomic E-state index is 9.34. The lowest BCUT2D eigenvalue weighted by Crippen LogP contribution is -2.42. The topological polar surface area (TPSA) is 35.5 Å². The first-order valence-corrected chi connectivity index (χ1v) is 7.47. The Balaban J connectivity index is 2.24. The van der Waals surface area contributed by atoms with Gasteiger partial charge in [-0.2, -0.15) is 0 Å². The SMILES string of the molecule is CCNC(C)c1ccccc1N(CCO)C1CCC1. The second-order valence-corrected chi connectivity index (χ2v) is 5.34. The van der Waals surface area contributed by atoms with E-state index >= 15 is 0 Å². The molecule has 1 aliphatic carbocycles. The third kappa shape index (κ3) is 3.28. The predicted octanol–water partition coefficient (Wildman–Crippen LogP) is 2.71. The van der Waals surface area contributed by atoms with E-state index in [4.69, 9.17) is 0 Å². The third-order valence-electron chi connectivity index (χ3n) is 4.08. The zero-order valence-corrected chi connectivity index (χ0v) is 12.1.